The van der Waals surface area contributed by atoms with Gasteiger partial charge in [-0.2, -0.15) is 0 Å². The van der Waals surface area contributed by atoms with Crippen LogP contribution in [0.4, 0.5) is 5.69 Å². The Balaban J connectivity index is 1.69. The van der Waals surface area contributed by atoms with E-state index >= 15 is 0 Å². The number of aryl methyl sites for hydroxylation is 1. The summed E-state index contributed by atoms with van der Waals surface area (Å²) in [6.07, 6.45) is 7.11. The number of aromatic nitrogens is 1. The molecule has 5 heteroatoms. The predicted molar refractivity (Wildman–Crippen MR) is 97.7 cm³/mol. The molecule has 25 heavy (non-hydrogen) atoms. The lowest BCUT2D eigenvalue weighted by Gasteiger charge is -2.22. The van der Waals surface area contributed by atoms with Gasteiger partial charge in [0.15, 0.2) is 0 Å². The Labute approximate surface area is 147 Å². The Morgan fingerprint density at radius 3 is 2.56 bits per heavy atom. The second-order valence-corrected chi connectivity index (χ2v) is 6.51. The topological polar surface area (TPSA) is 71.1 Å². The Hall–Kier alpha value is -2.69. The van der Waals surface area contributed by atoms with E-state index in [9.17, 15) is 9.59 Å². The fourth-order valence-corrected chi connectivity index (χ4v) is 3.11. The molecule has 2 aromatic rings. The molecule has 2 amide bonds. The van der Waals surface area contributed by atoms with Gasteiger partial charge in [0.2, 0.25) is 0 Å². The molecule has 0 radical (unpaired) electrons. The van der Waals surface area contributed by atoms with Crippen molar-refractivity contribution in [2.75, 3.05) is 5.32 Å². The van der Waals surface area contributed by atoms with Crippen LogP contribution in [0.1, 0.15) is 58.5 Å². The van der Waals surface area contributed by atoms with Crippen LogP contribution in [0.5, 0.6) is 0 Å². The number of carbonyl (C=O) groups excluding carboxylic acids is 2. The molecule has 2 N–H and O–H groups in total. The first kappa shape index (κ1) is 17.1. The lowest BCUT2D eigenvalue weighted by atomic mass is 9.95. The molecule has 130 valence electrons. The van der Waals surface area contributed by atoms with E-state index < -0.39 is 0 Å². The molecule has 0 unspecified atom stereocenters. The summed E-state index contributed by atoms with van der Waals surface area (Å²) in [6.45, 7) is 1.93. The first-order valence-corrected chi connectivity index (χ1v) is 8.77. The molecule has 0 aliphatic heterocycles. The molecule has 1 aromatic carbocycles. The number of para-hydroxylation sites is 1. The van der Waals surface area contributed by atoms with Crippen molar-refractivity contribution in [1.29, 1.82) is 0 Å². The third kappa shape index (κ3) is 4.44. The summed E-state index contributed by atoms with van der Waals surface area (Å²) in [5.74, 6) is -0.458. The highest BCUT2D eigenvalue weighted by atomic mass is 16.2. The monoisotopic (exact) mass is 337 g/mol. The van der Waals surface area contributed by atoms with E-state index in [-0.39, 0.29) is 23.6 Å². The van der Waals surface area contributed by atoms with Crippen LogP contribution in [0.15, 0.2) is 42.6 Å². The number of nitrogens with zero attached hydrogens (tertiary/aromatic N) is 1. The van der Waals surface area contributed by atoms with Gasteiger partial charge in [-0.25, -0.2) is 0 Å². The minimum absolute atomic E-state index is 0.140. The first-order chi connectivity index (χ1) is 12.1. The van der Waals surface area contributed by atoms with Gasteiger partial charge in [0.05, 0.1) is 0 Å². The molecule has 0 bridgehead atoms. The molecule has 0 atom stereocenters. The van der Waals surface area contributed by atoms with Crippen molar-refractivity contribution in [2.45, 2.75) is 45.1 Å². The van der Waals surface area contributed by atoms with Crippen molar-refractivity contribution in [1.82, 2.24) is 10.3 Å². The van der Waals surface area contributed by atoms with Crippen molar-refractivity contribution in [3.05, 3.63) is 59.4 Å². The van der Waals surface area contributed by atoms with Crippen molar-refractivity contribution in [2.24, 2.45) is 0 Å². The van der Waals surface area contributed by atoms with Gasteiger partial charge in [-0.3, -0.25) is 14.6 Å². The Bertz CT molecular complexity index is 767. The Morgan fingerprint density at radius 2 is 1.80 bits per heavy atom. The highest BCUT2D eigenvalue weighted by molar-refractivity contribution is 6.05. The number of amides is 2. The molecule has 0 spiro atoms. The minimum atomic E-state index is -0.318. The van der Waals surface area contributed by atoms with E-state index in [2.05, 4.69) is 15.6 Å². The van der Waals surface area contributed by atoms with Crippen LogP contribution in [-0.4, -0.2) is 22.8 Å². The van der Waals surface area contributed by atoms with Crippen LogP contribution in [-0.2, 0) is 0 Å². The normalized spacial score (nSPS) is 14.8. The maximum atomic E-state index is 12.4. The number of benzene rings is 1. The second-order valence-electron chi connectivity index (χ2n) is 6.51. The van der Waals surface area contributed by atoms with Crippen molar-refractivity contribution < 1.29 is 9.59 Å². The van der Waals surface area contributed by atoms with Crippen LogP contribution in [0, 0.1) is 6.92 Å². The Morgan fingerprint density at radius 1 is 1.04 bits per heavy atom. The molecule has 1 aliphatic carbocycles. The van der Waals surface area contributed by atoms with Gasteiger partial charge in [0.1, 0.15) is 5.69 Å². The highest BCUT2D eigenvalue weighted by Gasteiger charge is 2.18. The van der Waals surface area contributed by atoms with Crippen LogP contribution in [0.25, 0.3) is 0 Å². The summed E-state index contributed by atoms with van der Waals surface area (Å²) in [7, 11) is 0. The minimum Gasteiger partial charge on any atom is -0.349 e. The molecule has 0 saturated heterocycles. The number of nitrogens with one attached hydrogen (secondary N) is 2. The number of hydrogen-bond acceptors (Lipinski definition) is 3. The first-order valence-electron chi connectivity index (χ1n) is 8.77. The zero-order valence-corrected chi connectivity index (χ0v) is 14.4. The molecule has 1 aromatic heterocycles. The van der Waals surface area contributed by atoms with E-state index in [1.54, 1.807) is 12.1 Å². The standard InChI is InChI=1S/C20H23N3O2/c1-14-7-5-6-10-17(14)23-20(25)18-13-15(11-12-21-18)19(24)22-16-8-3-2-4-9-16/h5-7,10-13,16H,2-4,8-9H2,1H3,(H,22,24)(H,23,25). The van der Waals surface area contributed by atoms with Gasteiger partial charge in [0.25, 0.3) is 11.8 Å². The quantitative estimate of drug-likeness (QED) is 0.893. The molecule has 1 saturated carbocycles. The molecule has 1 fully saturated rings. The molecular formula is C20H23N3O2. The van der Waals surface area contributed by atoms with Gasteiger partial charge in [0, 0.05) is 23.5 Å². The summed E-state index contributed by atoms with van der Waals surface area (Å²) in [4.78, 5) is 29.0. The summed E-state index contributed by atoms with van der Waals surface area (Å²) in [6, 6.07) is 11.0. The van der Waals surface area contributed by atoms with Crippen molar-refractivity contribution >= 4 is 17.5 Å². The zero-order valence-electron chi connectivity index (χ0n) is 14.4. The summed E-state index contributed by atoms with van der Waals surface area (Å²) in [5.41, 5.74) is 2.42. The smallest absolute Gasteiger partial charge is 0.274 e. The largest absolute Gasteiger partial charge is 0.349 e. The summed E-state index contributed by atoms with van der Waals surface area (Å²) >= 11 is 0. The van der Waals surface area contributed by atoms with E-state index in [0.29, 0.717) is 5.56 Å². The summed E-state index contributed by atoms with van der Waals surface area (Å²) in [5, 5.41) is 5.90. The average Bonchev–Trinajstić information content (AvgIpc) is 2.64. The summed E-state index contributed by atoms with van der Waals surface area (Å²) < 4.78 is 0. The Kier molecular flexibility index (Phi) is 5.43. The second kappa shape index (κ2) is 7.92. The fraction of sp³-hybridized carbons (Fsp3) is 0.350. The number of carbonyl (C=O) groups is 2. The van der Waals surface area contributed by atoms with Gasteiger partial charge < -0.3 is 10.6 Å². The average molecular weight is 337 g/mol. The molecule has 1 heterocycles. The predicted octanol–water partition coefficient (Wildman–Crippen LogP) is 3.70. The third-order valence-corrected chi connectivity index (χ3v) is 4.59. The third-order valence-electron chi connectivity index (χ3n) is 4.59. The lowest BCUT2D eigenvalue weighted by Crippen LogP contribution is -2.36. The highest BCUT2D eigenvalue weighted by Crippen LogP contribution is 2.18. The molecule has 1 aliphatic rings. The number of anilines is 1. The van der Waals surface area contributed by atoms with Crippen LogP contribution in [0.3, 0.4) is 0 Å². The van der Waals surface area contributed by atoms with Crippen LogP contribution < -0.4 is 10.6 Å². The van der Waals surface area contributed by atoms with Crippen molar-refractivity contribution in [3.8, 4) is 0 Å². The number of pyridine rings is 1. The van der Waals surface area contributed by atoms with Gasteiger partial charge in [-0.1, -0.05) is 37.5 Å². The van der Waals surface area contributed by atoms with E-state index in [0.717, 1.165) is 36.9 Å². The van der Waals surface area contributed by atoms with E-state index in [1.807, 2.05) is 31.2 Å². The SMILES string of the molecule is Cc1ccccc1NC(=O)c1cc(C(=O)NC2CCCCC2)ccn1. The van der Waals surface area contributed by atoms with Crippen LogP contribution in [0.2, 0.25) is 0 Å². The maximum Gasteiger partial charge on any atom is 0.274 e. The zero-order chi connectivity index (χ0) is 17.6. The van der Waals surface area contributed by atoms with Gasteiger partial charge >= 0.3 is 0 Å². The maximum absolute atomic E-state index is 12.4. The lowest BCUT2D eigenvalue weighted by molar-refractivity contribution is 0.0927. The van der Waals surface area contributed by atoms with Crippen LogP contribution >= 0.6 is 0 Å². The van der Waals surface area contributed by atoms with Crippen molar-refractivity contribution in [3.63, 3.8) is 0 Å². The van der Waals surface area contributed by atoms with E-state index in [4.69, 9.17) is 0 Å². The van der Waals surface area contributed by atoms with E-state index in [1.165, 1.54) is 12.6 Å². The molecular weight excluding hydrogens is 314 g/mol. The van der Waals surface area contributed by atoms with Gasteiger partial charge in [-0.05, 0) is 43.5 Å². The number of rotatable bonds is 4. The molecule has 5 nitrogen and oxygen atoms in total. The number of hydrogen-bond donors (Lipinski definition) is 2. The van der Waals surface area contributed by atoms with Gasteiger partial charge in [-0.15, -0.1) is 0 Å². The fourth-order valence-electron chi connectivity index (χ4n) is 3.11. The molecule has 3 rings (SSSR count).